The number of urea groups is 1. The second-order valence-electron chi connectivity index (χ2n) is 18.8. The minimum atomic E-state index is -0.689. The molecule has 5 aromatic rings. The van der Waals surface area contributed by atoms with Crippen LogP contribution in [0.4, 0.5) is 33.5 Å². The van der Waals surface area contributed by atoms with E-state index in [1.165, 1.54) is 31.5 Å². The van der Waals surface area contributed by atoms with Gasteiger partial charge < -0.3 is 40.3 Å². The minimum Gasteiger partial charge on any atom is -0.495 e. The molecule has 2 aliphatic rings. The number of likely N-dealkylation sites (tertiary alicyclic amines) is 1. The first-order valence-corrected chi connectivity index (χ1v) is 24.8. The molecule has 3 aromatic carbocycles. The standard InChI is InChI=1S/C51H62Cl2N10O6S/c1-30(33-10-12-34(13-11-33)48-32(3)56-29-70-48)57-31(2)40-23-38(65)27-63(40)49(66)39(51(4,5)6)22-37(64)26-61-18-20-62(21-19-61)36-16-14-35(15-17-36)58-43-25-44(55-28-54-43)60(7)50(67)59-47-45(52)41(68-8)24-42(69-9)46(47)53/h10-17,24-25,28-30,38-40,57,65H,2,18-23,26-27H2,1,3-9H3,(H,59,67)(H,54,55,58)/t30-,38-,39+,40-/m0/s1. The second kappa shape index (κ2) is 22.4. The largest absolute Gasteiger partial charge is 0.495 e. The van der Waals surface area contributed by atoms with Crippen molar-refractivity contribution >= 4 is 81.0 Å². The lowest BCUT2D eigenvalue weighted by molar-refractivity contribution is -0.142. The number of anilines is 5. The zero-order valence-corrected chi connectivity index (χ0v) is 43.2. The first kappa shape index (κ1) is 51.9. The number of ether oxygens (including phenoxy) is 2. The molecule has 4 atom stereocenters. The zero-order valence-electron chi connectivity index (χ0n) is 40.9. The third kappa shape index (κ3) is 12.1. The number of halogens is 2. The lowest BCUT2D eigenvalue weighted by Gasteiger charge is -2.37. The van der Waals surface area contributed by atoms with Gasteiger partial charge in [-0.1, -0.05) is 74.8 Å². The molecular formula is C51H62Cl2N10O6S. The van der Waals surface area contributed by atoms with Crippen molar-refractivity contribution in [3.8, 4) is 21.9 Å². The SMILES string of the molecule is C=C(N[C@@H](C)c1ccc(-c2scnc2C)cc1)[C@@H]1C[C@H](O)CN1C(=O)[C@@H](CC(=O)CN1CCN(c2ccc(Nc3cc(N(C)C(=O)Nc4c(Cl)c(OC)cc(OC)c4Cl)ncn3)cc2)CC1)C(C)(C)C. The number of rotatable bonds is 17. The molecule has 19 heteroatoms. The number of β-amino-alcohol motifs (C(OH)–C–C–N with tert-alkyl or cyclic N) is 1. The Bertz CT molecular complexity index is 2640. The van der Waals surface area contributed by atoms with Gasteiger partial charge >= 0.3 is 6.03 Å². The predicted molar refractivity (Wildman–Crippen MR) is 279 cm³/mol. The van der Waals surface area contributed by atoms with E-state index in [1.54, 1.807) is 29.4 Å². The Kier molecular flexibility index (Phi) is 16.6. The van der Waals surface area contributed by atoms with E-state index in [-0.39, 0.29) is 64.5 Å². The quantitative estimate of drug-likeness (QED) is 0.0694. The van der Waals surface area contributed by atoms with E-state index >= 15 is 0 Å². The van der Waals surface area contributed by atoms with Crippen LogP contribution < -0.4 is 35.2 Å². The van der Waals surface area contributed by atoms with Crippen molar-refractivity contribution in [2.45, 2.75) is 65.6 Å². The molecule has 7 rings (SSSR count). The van der Waals surface area contributed by atoms with E-state index in [2.05, 4.69) is 78.5 Å². The molecule has 372 valence electrons. The Balaban J connectivity index is 0.895. The third-order valence-electron chi connectivity index (χ3n) is 12.9. The van der Waals surface area contributed by atoms with Gasteiger partial charge in [-0.15, -0.1) is 11.3 Å². The van der Waals surface area contributed by atoms with Gasteiger partial charge in [0.25, 0.3) is 0 Å². The van der Waals surface area contributed by atoms with Crippen LogP contribution in [0.5, 0.6) is 11.5 Å². The number of amides is 3. The molecule has 2 saturated heterocycles. The highest BCUT2D eigenvalue weighted by molar-refractivity contribution is 7.13. The monoisotopic (exact) mass is 1010 g/mol. The maximum Gasteiger partial charge on any atom is 0.327 e. The van der Waals surface area contributed by atoms with Gasteiger partial charge in [-0.2, -0.15) is 0 Å². The van der Waals surface area contributed by atoms with E-state index in [0.29, 0.717) is 36.8 Å². The molecule has 0 saturated carbocycles. The molecule has 16 nitrogen and oxygen atoms in total. The first-order valence-electron chi connectivity index (χ1n) is 23.1. The van der Waals surface area contributed by atoms with Crippen molar-refractivity contribution in [1.82, 2.24) is 30.1 Å². The van der Waals surface area contributed by atoms with Gasteiger partial charge in [0.2, 0.25) is 5.91 Å². The number of nitrogens with one attached hydrogen (secondary N) is 3. The van der Waals surface area contributed by atoms with Crippen molar-refractivity contribution < 1.29 is 29.0 Å². The summed E-state index contributed by atoms with van der Waals surface area (Å²) in [7, 11) is 4.45. The molecule has 0 spiro atoms. The average Bonchev–Trinajstić information content (AvgIpc) is 3.97. The number of hydrogen-bond acceptors (Lipinski definition) is 14. The van der Waals surface area contributed by atoms with Gasteiger partial charge in [0.1, 0.15) is 45.3 Å². The minimum absolute atomic E-state index is 0.0158. The molecule has 2 aliphatic heterocycles. The van der Waals surface area contributed by atoms with E-state index in [4.69, 9.17) is 32.7 Å². The number of piperazine rings is 1. The van der Waals surface area contributed by atoms with Crippen molar-refractivity contribution in [2.24, 2.45) is 11.3 Å². The summed E-state index contributed by atoms with van der Waals surface area (Å²) in [5.74, 6) is 0.653. The topological polar surface area (TPSA) is 178 Å². The molecule has 4 N–H and O–H groups in total. The van der Waals surface area contributed by atoms with Crippen molar-refractivity contribution in [2.75, 3.05) is 81.0 Å². The molecule has 4 heterocycles. The Morgan fingerprint density at radius 1 is 0.957 bits per heavy atom. The highest BCUT2D eigenvalue weighted by Gasteiger charge is 2.43. The Morgan fingerprint density at radius 2 is 1.61 bits per heavy atom. The number of ketones is 1. The molecule has 2 aromatic heterocycles. The lowest BCUT2D eigenvalue weighted by Crippen LogP contribution is -2.49. The smallest absolute Gasteiger partial charge is 0.327 e. The molecule has 2 fully saturated rings. The Hall–Kier alpha value is -5.98. The fourth-order valence-electron chi connectivity index (χ4n) is 8.81. The maximum absolute atomic E-state index is 14.4. The fourth-order valence-corrected chi connectivity index (χ4v) is 10.2. The Labute approximate surface area is 424 Å². The van der Waals surface area contributed by atoms with Crippen LogP contribution in [0.25, 0.3) is 10.4 Å². The van der Waals surface area contributed by atoms with Gasteiger partial charge in [0.05, 0.1) is 54.7 Å². The fraction of sp³-hybridized carbons (Fsp3) is 0.412. The van der Waals surface area contributed by atoms with Gasteiger partial charge in [0, 0.05) is 93.8 Å². The number of aryl methyl sites for hydroxylation is 1. The van der Waals surface area contributed by atoms with Crippen LogP contribution in [0.15, 0.2) is 84.8 Å². The number of carbonyl (C=O) groups is 3. The number of aromatic nitrogens is 3. The average molecular weight is 1010 g/mol. The van der Waals surface area contributed by atoms with Gasteiger partial charge in [0.15, 0.2) is 0 Å². The van der Waals surface area contributed by atoms with E-state index in [9.17, 15) is 19.5 Å². The summed E-state index contributed by atoms with van der Waals surface area (Å²) >= 11 is 14.6. The van der Waals surface area contributed by atoms with Crippen LogP contribution in [0.1, 0.15) is 57.8 Å². The predicted octanol–water partition coefficient (Wildman–Crippen LogP) is 9.21. The highest BCUT2D eigenvalue weighted by Crippen LogP contribution is 2.44. The molecule has 0 bridgehead atoms. The summed E-state index contributed by atoms with van der Waals surface area (Å²) < 4.78 is 10.6. The number of thiazole rings is 1. The summed E-state index contributed by atoms with van der Waals surface area (Å²) in [5.41, 5.74) is 7.18. The summed E-state index contributed by atoms with van der Waals surface area (Å²) in [6.45, 7) is 17.7. The molecule has 70 heavy (non-hydrogen) atoms. The van der Waals surface area contributed by atoms with Gasteiger partial charge in [-0.3, -0.25) is 19.4 Å². The number of carbonyl (C=O) groups excluding carboxylic acids is 3. The first-order chi connectivity index (χ1) is 33.3. The number of methoxy groups -OCH3 is 2. The summed E-state index contributed by atoms with van der Waals surface area (Å²) in [6.07, 6.45) is 1.15. The summed E-state index contributed by atoms with van der Waals surface area (Å²) in [6, 6.07) is 18.4. The molecule has 3 amide bonds. The van der Waals surface area contributed by atoms with Crippen LogP contribution in [0, 0.1) is 18.3 Å². The highest BCUT2D eigenvalue weighted by atomic mass is 35.5. The number of hydrogen-bond donors (Lipinski definition) is 4. The molecule has 0 aliphatic carbocycles. The molecular weight excluding hydrogens is 952 g/mol. The van der Waals surface area contributed by atoms with Crippen LogP contribution in [0.2, 0.25) is 10.0 Å². The van der Waals surface area contributed by atoms with Crippen LogP contribution in [-0.4, -0.2) is 120 Å². The van der Waals surface area contributed by atoms with E-state index < -0.39 is 29.5 Å². The van der Waals surface area contributed by atoms with Crippen LogP contribution in [0.3, 0.4) is 0 Å². The number of aliphatic hydroxyl groups is 1. The van der Waals surface area contributed by atoms with E-state index in [1.807, 2.05) is 57.5 Å². The van der Waals surface area contributed by atoms with Crippen LogP contribution in [-0.2, 0) is 9.59 Å². The van der Waals surface area contributed by atoms with Crippen molar-refractivity contribution in [3.63, 3.8) is 0 Å². The van der Waals surface area contributed by atoms with E-state index in [0.717, 1.165) is 46.2 Å². The summed E-state index contributed by atoms with van der Waals surface area (Å²) in [5, 5.41) is 20.6. The zero-order chi connectivity index (χ0) is 50.4. The van der Waals surface area contributed by atoms with Crippen LogP contribution >= 0.6 is 34.5 Å². The maximum atomic E-state index is 14.4. The lowest BCUT2D eigenvalue weighted by atomic mass is 9.76. The molecule has 0 unspecified atom stereocenters. The third-order valence-corrected chi connectivity index (χ3v) is 14.7. The van der Waals surface area contributed by atoms with Crippen molar-refractivity contribution in [3.05, 3.63) is 106 Å². The molecule has 0 radical (unpaired) electrons. The van der Waals surface area contributed by atoms with Gasteiger partial charge in [-0.25, -0.2) is 19.7 Å². The normalized spacial score (nSPS) is 17.1. The number of benzene rings is 3. The number of aliphatic hydroxyl groups excluding tert-OH is 1. The van der Waals surface area contributed by atoms with Crippen molar-refractivity contribution in [1.29, 1.82) is 0 Å². The Morgan fingerprint density at radius 3 is 2.21 bits per heavy atom. The number of nitrogens with zero attached hydrogens (tertiary/aromatic N) is 7. The number of Topliss-reactive ketones (excluding diaryl/α,β-unsaturated/α-hetero) is 1. The second-order valence-corrected chi connectivity index (χ2v) is 20.4. The summed E-state index contributed by atoms with van der Waals surface area (Å²) in [4.78, 5) is 63.1. The van der Waals surface area contributed by atoms with Gasteiger partial charge in [-0.05, 0) is 54.7 Å².